The van der Waals surface area contributed by atoms with Crippen LogP contribution in [0.4, 0.5) is 10.1 Å². The van der Waals surface area contributed by atoms with Gasteiger partial charge in [-0.15, -0.1) is 6.58 Å². The number of hydrogen-bond acceptors (Lipinski definition) is 2. The van der Waals surface area contributed by atoms with Crippen molar-refractivity contribution in [3.63, 3.8) is 0 Å². The van der Waals surface area contributed by atoms with Gasteiger partial charge >= 0.3 is 0 Å². The van der Waals surface area contributed by atoms with Crippen LogP contribution in [0.5, 0.6) is 0 Å². The van der Waals surface area contributed by atoms with Gasteiger partial charge < -0.3 is 4.90 Å². The van der Waals surface area contributed by atoms with Crippen LogP contribution in [0.2, 0.25) is 0 Å². The van der Waals surface area contributed by atoms with Crippen molar-refractivity contribution in [2.45, 2.75) is 18.9 Å². The standard InChI is InChI=1S/C13H14FNO/c1-2-7-15(12-4-5-12)13-6-3-11(14)8-10(13)9-16/h2-3,6,8-9,12H,1,4-5,7H2. The lowest BCUT2D eigenvalue weighted by molar-refractivity contribution is 0.112. The minimum atomic E-state index is -0.375. The smallest absolute Gasteiger partial charge is 0.152 e. The lowest BCUT2D eigenvalue weighted by Gasteiger charge is -2.24. The van der Waals surface area contributed by atoms with E-state index >= 15 is 0 Å². The lowest BCUT2D eigenvalue weighted by atomic mass is 10.1. The van der Waals surface area contributed by atoms with Crippen molar-refractivity contribution < 1.29 is 9.18 Å². The zero-order chi connectivity index (χ0) is 11.5. The average molecular weight is 219 g/mol. The Balaban J connectivity index is 2.35. The number of nitrogens with zero attached hydrogens (tertiary/aromatic N) is 1. The maximum absolute atomic E-state index is 13.0. The Bertz CT molecular complexity index is 412. The number of carbonyl (C=O) groups excluding carboxylic acids is 1. The van der Waals surface area contributed by atoms with Gasteiger partial charge in [-0.05, 0) is 31.0 Å². The maximum atomic E-state index is 13.0. The Labute approximate surface area is 94.4 Å². The van der Waals surface area contributed by atoms with E-state index in [1.54, 1.807) is 12.1 Å². The van der Waals surface area contributed by atoms with Crippen LogP contribution in [0.3, 0.4) is 0 Å². The number of rotatable bonds is 5. The first-order valence-electron chi connectivity index (χ1n) is 5.38. The molecule has 2 rings (SSSR count). The molecule has 1 saturated carbocycles. The van der Waals surface area contributed by atoms with E-state index in [1.165, 1.54) is 12.1 Å². The van der Waals surface area contributed by atoms with E-state index < -0.39 is 0 Å². The summed E-state index contributed by atoms with van der Waals surface area (Å²) in [6.45, 7) is 4.40. The molecule has 0 amide bonds. The third-order valence-corrected chi connectivity index (χ3v) is 2.74. The summed E-state index contributed by atoms with van der Waals surface area (Å²) in [6, 6.07) is 4.81. The summed E-state index contributed by atoms with van der Waals surface area (Å²) in [5.41, 5.74) is 1.22. The largest absolute Gasteiger partial charge is 0.364 e. The van der Waals surface area contributed by atoms with E-state index in [1.807, 2.05) is 0 Å². The molecule has 16 heavy (non-hydrogen) atoms. The van der Waals surface area contributed by atoms with E-state index in [2.05, 4.69) is 11.5 Å². The molecule has 0 aromatic heterocycles. The summed E-state index contributed by atoms with van der Waals surface area (Å²) in [5, 5.41) is 0. The molecule has 1 aromatic carbocycles. The summed E-state index contributed by atoms with van der Waals surface area (Å²) in [5.74, 6) is -0.375. The fourth-order valence-corrected chi connectivity index (χ4v) is 1.85. The van der Waals surface area contributed by atoms with Gasteiger partial charge in [0.1, 0.15) is 5.82 Å². The lowest BCUT2D eigenvalue weighted by Crippen LogP contribution is -2.26. The van der Waals surface area contributed by atoms with Gasteiger partial charge in [-0.25, -0.2) is 4.39 Å². The van der Waals surface area contributed by atoms with Crippen LogP contribution >= 0.6 is 0 Å². The summed E-state index contributed by atoms with van der Waals surface area (Å²) in [7, 11) is 0. The molecule has 0 bridgehead atoms. The van der Waals surface area contributed by atoms with Gasteiger partial charge in [-0.1, -0.05) is 6.08 Å². The SMILES string of the molecule is C=CCN(c1ccc(F)cc1C=O)C1CC1. The van der Waals surface area contributed by atoms with Gasteiger partial charge in [0.15, 0.2) is 6.29 Å². The Kier molecular flexibility index (Phi) is 3.04. The topological polar surface area (TPSA) is 20.3 Å². The monoisotopic (exact) mass is 219 g/mol. The summed E-state index contributed by atoms with van der Waals surface area (Å²) in [4.78, 5) is 13.0. The van der Waals surface area contributed by atoms with Gasteiger partial charge in [-0.2, -0.15) is 0 Å². The summed E-state index contributed by atoms with van der Waals surface area (Å²) >= 11 is 0. The molecule has 0 spiro atoms. The van der Waals surface area contributed by atoms with Crippen LogP contribution < -0.4 is 4.90 Å². The zero-order valence-corrected chi connectivity index (χ0v) is 9.03. The molecule has 0 heterocycles. The highest BCUT2D eigenvalue weighted by Gasteiger charge is 2.29. The second-order valence-corrected chi connectivity index (χ2v) is 3.99. The highest BCUT2D eigenvalue weighted by atomic mass is 19.1. The fraction of sp³-hybridized carbons (Fsp3) is 0.308. The summed E-state index contributed by atoms with van der Waals surface area (Å²) < 4.78 is 13.0. The van der Waals surface area contributed by atoms with Gasteiger partial charge in [0.2, 0.25) is 0 Å². The molecule has 0 radical (unpaired) electrons. The highest BCUT2D eigenvalue weighted by Crippen LogP contribution is 2.33. The first kappa shape index (κ1) is 10.9. The fourth-order valence-electron chi connectivity index (χ4n) is 1.85. The number of halogens is 1. The number of aldehydes is 1. The molecular formula is C13H14FNO. The Morgan fingerprint density at radius 2 is 2.25 bits per heavy atom. The van der Waals surface area contributed by atoms with Gasteiger partial charge in [-0.3, -0.25) is 4.79 Å². The van der Waals surface area contributed by atoms with Crippen molar-refractivity contribution in [3.8, 4) is 0 Å². The highest BCUT2D eigenvalue weighted by molar-refractivity contribution is 5.85. The van der Waals surface area contributed by atoms with Crippen LogP contribution in [0.15, 0.2) is 30.9 Å². The van der Waals surface area contributed by atoms with Crippen molar-refractivity contribution in [2.75, 3.05) is 11.4 Å². The minimum absolute atomic E-state index is 0.375. The third-order valence-electron chi connectivity index (χ3n) is 2.74. The van der Waals surface area contributed by atoms with Crippen molar-refractivity contribution in [1.82, 2.24) is 0 Å². The molecule has 0 atom stereocenters. The Morgan fingerprint density at radius 1 is 1.50 bits per heavy atom. The van der Waals surface area contributed by atoms with Crippen molar-refractivity contribution in [3.05, 3.63) is 42.2 Å². The number of hydrogen-bond donors (Lipinski definition) is 0. The van der Waals surface area contributed by atoms with E-state index in [9.17, 15) is 9.18 Å². The molecule has 0 unspecified atom stereocenters. The molecule has 2 nitrogen and oxygen atoms in total. The predicted octanol–water partition coefficient (Wildman–Crippen LogP) is 2.79. The molecule has 1 aliphatic rings. The molecule has 0 N–H and O–H groups in total. The normalized spacial score (nSPS) is 14.6. The molecule has 84 valence electrons. The predicted molar refractivity (Wildman–Crippen MR) is 62.4 cm³/mol. The van der Waals surface area contributed by atoms with Crippen LogP contribution in [0.25, 0.3) is 0 Å². The van der Waals surface area contributed by atoms with Crippen molar-refractivity contribution in [2.24, 2.45) is 0 Å². The molecule has 3 heteroatoms. The molecule has 0 aliphatic heterocycles. The quantitative estimate of drug-likeness (QED) is 0.560. The van der Waals surface area contributed by atoms with Crippen LogP contribution in [0.1, 0.15) is 23.2 Å². The first-order valence-corrected chi connectivity index (χ1v) is 5.38. The van der Waals surface area contributed by atoms with Crippen molar-refractivity contribution >= 4 is 12.0 Å². The molecular weight excluding hydrogens is 205 g/mol. The molecule has 0 saturated heterocycles. The van der Waals surface area contributed by atoms with Crippen molar-refractivity contribution in [1.29, 1.82) is 0 Å². The van der Waals surface area contributed by atoms with E-state index in [4.69, 9.17) is 0 Å². The number of carbonyl (C=O) groups is 1. The van der Waals surface area contributed by atoms with Gasteiger partial charge in [0.05, 0.1) is 0 Å². The van der Waals surface area contributed by atoms with E-state index in [-0.39, 0.29) is 5.82 Å². The van der Waals surface area contributed by atoms with Gasteiger partial charge in [0, 0.05) is 23.8 Å². The molecule has 1 fully saturated rings. The van der Waals surface area contributed by atoms with Crippen LogP contribution in [-0.4, -0.2) is 18.9 Å². The summed E-state index contributed by atoms with van der Waals surface area (Å²) in [6.07, 6.45) is 4.76. The molecule has 1 aliphatic carbocycles. The second-order valence-electron chi connectivity index (χ2n) is 3.99. The first-order chi connectivity index (χ1) is 7.76. The Morgan fingerprint density at radius 3 is 2.81 bits per heavy atom. The Hall–Kier alpha value is -1.64. The third kappa shape index (κ3) is 2.13. The van der Waals surface area contributed by atoms with E-state index in [0.29, 0.717) is 24.4 Å². The molecule has 1 aromatic rings. The van der Waals surface area contributed by atoms with Crippen LogP contribution in [-0.2, 0) is 0 Å². The zero-order valence-electron chi connectivity index (χ0n) is 9.03. The van der Waals surface area contributed by atoms with Crippen LogP contribution in [0, 0.1) is 5.82 Å². The minimum Gasteiger partial charge on any atom is -0.364 e. The number of benzene rings is 1. The second kappa shape index (κ2) is 4.47. The number of anilines is 1. The maximum Gasteiger partial charge on any atom is 0.152 e. The van der Waals surface area contributed by atoms with Gasteiger partial charge in [0.25, 0.3) is 0 Å². The van der Waals surface area contributed by atoms with E-state index in [0.717, 1.165) is 18.5 Å². The average Bonchev–Trinajstić information content (AvgIpc) is 3.10.